The van der Waals surface area contributed by atoms with Crippen LogP contribution >= 0.6 is 12.2 Å². The van der Waals surface area contributed by atoms with Crippen molar-refractivity contribution >= 4 is 23.0 Å². The number of thiocarbonyl (C=S) groups is 1. The summed E-state index contributed by atoms with van der Waals surface area (Å²) in [5, 5.41) is 8.54. The van der Waals surface area contributed by atoms with Gasteiger partial charge in [-0.3, -0.25) is 10.3 Å². The third-order valence-electron chi connectivity index (χ3n) is 5.12. The number of benzene rings is 1. The number of nitrogens with zero attached hydrogens (tertiary/aromatic N) is 2. The van der Waals surface area contributed by atoms with Crippen LogP contribution in [0.3, 0.4) is 0 Å². The molecule has 0 spiro atoms. The Morgan fingerprint density at radius 2 is 2.00 bits per heavy atom. The molecule has 2 N–H and O–H groups in total. The van der Waals surface area contributed by atoms with Gasteiger partial charge < -0.3 is 10.1 Å². The SMILES string of the molecule is S=C(NCCCN1CCOCC1)NN=C1CCCC[C@H]1c1ccccc1. The largest absolute Gasteiger partial charge is 0.379 e. The molecule has 3 rings (SSSR count). The van der Waals surface area contributed by atoms with Crippen LogP contribution in [-0.4, -0.2) is 55.1 Å². The standard InChI is InChI=1S/C20H30N4OS/c26-20(21-11-6-12-24-13-15-25-16-14-24)23-22-19-10-5-4-9-18(19)17-7-2-1-3-8-17/h1-3,7-8,18H,4-6,9-16H2,(H2,21,23,26)/t18-/m0/s1. The fourth-order valence-electron chi connectivity index (χ4n) is 3.67. The molecule has 0 amide bonds. The maximum absolute atomic E-state index is 5.38. The second-order valence-electron chi connectivity index (χ2n) is 6.99. The van der Waals surface area contributed by atoms with Gasteiger partial charge in [-0.1, -0.05) is 36.8 Å². The van der Waals surface area contributed by atoms with Gasteiger partial charge in [0, 0.05) is 31.3 Å². The molecule has 1 heterocycles. The molecular weight excluding hydrogens is 344 g/mol. The summed E-state index contributed by atoms with van der Waals surface area (Å²) >= 11 is 5.38. The average Bonchev–Trinajstić information content (AvgIpc) is 2.71. The summed E-state index contributed by atoms with van der Waals surface area (Å²) in [7, 11) is 0. The molecule has 0 aromatic heterocycles. The van der Waals surface area contributed by atoms with Crippen molar-refractivity contribution in [3.63, 3.8) is 0 Å². The van der Waals surface area contributed by atoms with Crippen LogP contribution < -0.4 is 10.7 Å². The van der Waals surface area contributed by atoms with E-state index < -0.39 is 0 Å². The molecule has 26 heavy (non-hydrogen) atoms. The molecule has 2 aliphatic rings. The minimum absolute atomic E-state index is 0.418. The van der Waals surface area contributed by atoms with Crippen LogP contribution in [0.15, 0.2) is 35.4 Å². The van der Waals surface area contributed by atoms with Gasteiger partial charge in [0.1, 0.15) is 0 Å². The molecule has 1 atom stereocenters. The van der Waals surface area contributed by atoms with Crippen LogP contribution in [0.4, 0.5) is 0 Å². The quantitative estimate of drug-likeness (QED) is 0.456. The van der Waals surface area contributed by atoms with Crippen LogP contribution in [0.1, 0.15) is 43.6 Å². The van der Waals surface area contributed by atoms with Gasteiger partial charge in [0.2, 0.25) is 0 Å². The number of rotatable bonds is 6. The number of morpholine rings is 1. The molecule has 1 aliphatic heterocycles. The summed E-state index contributed by atoms with van der Waals surface area (Å²) < 4.78 is 5.37. The first-order valence-electron chi connectivity index (χ1n) is 9.78. The predicted molar refractivity (Wildman–Crippen MR) is 111 cm³/mol. The van der Waals surface area contributed by atoms with Crippen molar-refractivity contribution in [3.05, 3.63) is 35.9 Å². The molecule has 142 valence electrons. The Morgan fingerprint density at radius 1 is 1.19 bits per heavy atom. The van der Waals surface area contributed by atoms with E-state index in [2.05, 4.69) is 51.1 Å². The molecule has 6 heteroatoms. The third-order valence-corrected chi connectivity index (χ3v) is 5.36. The van der Waals surface area contributed by atoms with Crippen LogP contribution in [-0.2, 0) is 4.74 Å². The minimum atomic E-state index is 0.418. The first-order valence-corrected chi connectivity index (χ1v) is 10.2. The lowest BCUT2D eigenvalue weighted by Gasteiger charge is -2.26. The summed E-state index contributed by atoms with van der Waals surface area (Å²) in [6, 6.07) is 10.7. The van der Waals surface area contributed by atoms with Gasteiger partial charge in [-0.2, -0.15) is 5.10 Å². The van der Waals surface area contributed by atoms with Gasteiger partial charge in [0.25, 0.3) is 0 Å². The van der Waals surface area contributed by atoms with Crippen LogP contribution in [0.5, 0.6) is 0 Å². The van der Waals surface area contributed by atoms with E-state index in [9.17, 15) is 0 Å². The molecule has 1 saturated heterocycles. The molecule has 1 aromatic carbocycles. The third kappa shape index (κ3) is 6.04. The van der Waals surface area contributed by atoms with Crippen LogP contribution in [0.25, 0.3) is 0 Å². The molecule has 0 bridgehead atoms. The predicted octanol–water partition coefficient (Wildman–Crippen LogP) is 2.89. The van der Waals surface area contributed by atoms with Crippen molar-refractivity contribution in [1.29, 1.82) is 0 Å². The highest BCUT2D eigenvalue weighted by atomic mass is 32.1. The maximum Gasteiger partial charge on any atom is 0.186 e. The van der Waals surface area contributed by atoms with E-state index in [0.29, 0.717) is 11.0 Å². The first-order chi connectivity index (χ1) is 12.8. The lowest BCUT2D eigenvalue weighted by atomic mass is 9.82. The van der Waals surface area contributed by atoms with E-state index in [0.717, 1.165) is 52.2 Å². The van der Waals surface area contributed by atoms with Gasteiger partial charge in [0.15, 0.2) is 5.11 Å². The van der Waals surface area contributed by atoms with E-state index >= 15 is 0 Å². The van der Waals surface area contributed by atoms with Crippen molar-refractivity contribution in [2.75, 3.05) is 39.4 Å². The van der Waals surface area contributed by atoms with E-state index in [1.807, 2.05) is 0 Å². The fourth-order valence-corrected chi connectivity index (χ4v) is 3.81. The zero-order chi connectivity index (χ0) is 18.0. The zero-order valence-electron chi connectivity index (χ0n) is 15.5. The monoisotopic (exact) mass is 374 g/mol. The Kier molecular flexibility index (Phi) is 7.86. The number of hydrogen-bond donors (Lipinski definition) is 2. The Bertz CT molecular complexity index is 587. The topological polar surface area (TPSA) is 48.9 Å². The van der Waals surface area contributed by atoms with E-state index in [4.69, 9.17) is 17.0 Å². The van der Waals surface area contributed by atoms with Crippen LogP contribution in [0.2, 0.25) is 0 Å². The van der Waals surface area contributed by atoms with E-state index in [1.54, 1.807) is 0 Å². The Hall–Kier alpha value is -1.50. The number of hydrogen-bond acceptors (Lipinski definition) is 4. The number of nitrogens with one attached hydrogen (secondary N) is 2. The smallest absolute Gasteiger partial charge is 0.186 e. The fraction of sp³-hybridized carbons (Fsp3) is 0.600. The molecule has 1 aromatic rings. The van der Waals surface area contributed by atoms with Gasteiger partial charge in [-0.15, -0.1) is 0 Å². The van der Waals surface area contributed by atoms with Gasteiger partial charge in [0.05, 0.1) is 13.2 Å². The molecule has 1 saturated carbocycles. The van der Waals surface area contributed by atoms with Crippen molar-refractivity contribution in [3.8, 4) is 0 Å². The second kappa shape index (κ2) is 10.6. The molecule has 5 nitrogen and oxygen atoms in total. The normalized spacial score (nSPS) is 22.9. The lowest BCUT2D eigenvalue weighted by Crippen LogP contribution is -2.39. The van der Waals surface area contributed by atoms with Gasteiger partial charge in [-0.25, -0.2) is 0 Å². The highest BCUT2D eigenvalue weighted by Gasteiger charge is 2.22. The minimum Gasteiger partial charge on any atom is -0.379 e. The second-order valence-corrected chi connectivity index (χ2v) is 7.40. The Labute approximate surface area is 162 Å². The van der Waals surface area contributed by atoms with Crippen molar-refractivity contribution in [2.24, 2.45) is 5.10 Å². The summed E-state index contributed by atoms with van der Waals surface area (Å²) in [6.45, 7) is 5.75. The molecule has 2 fully saturated rings. The molecular formula is C20H30N4OS. The number of hydrazone groups is 1. The zero-order valence-corrected chi connectivity index (χ0v) is 16.3. The summed E-state index contributed by atoms with van der Waals surface area (Å²) in [6.07, 6.45) is 5.77. The number of ether oxygens (including phenoxy) is 1. The van der Waals surface area contributed by atoms with E-state index in [1.165, 1.54) is 30.5 Å². The van der Waals surface area contributed by atoms with E-state index in [-0.39, 0.29) is 0 Å². The summed E-state index contributed by atoms with van der Waals surface area (Å²) in [4.78, 5) is 2.44. The summed E-state index contributed by atoms with van der Waals surface area (Å²) in [5.74, 6) is 0.418. The summed E-state index contributed by atoms with van der Waals surface area (Å²) in [5.41, 5.74) is 5.65. The maximum atomic E-state index is 5.38. The lowest BCUT2D eigenvalue weighted by molar-refractivity contribution is 0.0376. The van der Waals surface area contributed by atoms with Crippen LogP contribution in [0, 0.1) is 0 Å². The van der Waals surface area contributed by atoms with Crippen molar-refractivity contribution in [2.45, 2.75) is 38.0 Å². The highest BCUT2D eigenvalue weighted by Crippen LogP contribution is 2.30. The molecule has 0 radical (unpaired) electrons. The van der Waals surface area contributed by atoms with Crippen molar-refractivity contribution < 1.29 is 4.74 Å². The van der Waals surface area contributed by atoms with Gasteiger partial charge in [-0.05, 0) is 50.0 Å². The first kappa shape index (κ1) is 19.3. The Morgan fingerprint density at radius 3 is 2.81 bits per heavy atom. The van der Waals surface area contributed by atoms with Gasteiger partial charge >= 0.3 is 0 Å². The van der Waals surface area contributed by atoms with Crippen molar-refractivity contribution in [1.82, 2.24) is 15.6 Å². The molecule has 1 aliphatic carbocycles. The average molecular weight is 375 g/mol. The Balaban J connectivity index is 1.41. The molecule has 0 unspecified atom stereocenters. The highest BCUT2D eigenvalue weighted by molar-refractivity contribution is 7.80.